The van der Waals surface area contributed by atoms with Crippen molar-refractivity contribution in [2.24, 2.45) is 0 Å². The number of carbonyl (C=O) groups excluding carboxylic acids is 2. The summed E-state index contributed by atoms with van der Waals surface area (Å²) in [5.41, 5.74) is 0.552. The summed E-state index contributed by atoms with van der Waals surface area (Å²) < 4.78 is 5.29. The Hall–Kier alpha value is -2.94. The smallest absolute Gasteiger partial charge is 0.259 e. The largest absolute Gasteiger partial charge is 0.443 e. The quantitative estimate of drug-likeness (QED) is 0.862. The molecule has 2 aromatic rings. The molecule has 2 rings (SSSR count). The summed E-state index contributed by atoms with van der Waals surface area (Å²) in [5, 5.41) is 11.6. The summed E-state index contributed by atoms with van der Waals surface area (Å²) in [6.07, 6.45) is 2.94. The van der Waals surface area contributed by atoms with Gasteiger partial charge in [-0.3, -0.25) is 19.9 Å². The molecule has 2 heterocycles. The van der Waals surface area contributed by atoms with Gasteiger partial charge in [-0.25, -0.2) is 0 Å². The number of furan rings is 1. The summed E-state index contributed by atoms with van der Waals surface area (Å²) in [4.78, 5) is 27.3. The molecule has 0 unspecified atom stereocenters. The number of pyridine rings is 1. The summed E-state index contributed by atoms with van der Waals surface area (Å²) >= 11 is 0. The van der Waals surface area contributed by atoms with Gasteiger partial charge in [-0.15, -0.1) is 0 Å². The number of nitrogens with one attached hydrogen (secondary N) is 1. The Bertz CT molecular complexity index is 711. The first kappa shape index (κ1) is 13.5. The molecular formula is C14H11N3O3. The number of aryl methyl sites for hydroxylation is 1. The van der Waals surface area contributed by atoms with Gasteiger partial charge in [-0.05, 0) is 26.0 Å². The first-order chi connectivity index (χ1) is 9.54. The molecule has 20 heavy (non-hydrogen) atoms. The molecule has 0 aliphatic rings. The predicted octanol–water partition coefficient (Wildman–Crippen LogP) is 2.31. The van der Waals surface area contributed by atoms with Gasteiger partial charge in [0.25, 0.3) is 5.91 Å². The van der Waals surface area contributed by atoms with Crippen molar-refractivity contribution >= 4 is 17.6 Å². The Morgan fingerprint density at radius 3 is 2.75 bits per heavy atom. The average molecular weight is 269 g/mol. The predicted molar refractivity (Wildman–Crippen MR) is 70.4 cm³/mol. The zero-order valence-corrected chi connectivity index (χ0v) is 10.9. The van der Waals surface area contributed by atoms with Crippen LogP contribution in [0.1, 0.15) is 39.0 Å². The van der Waals surface area contributed by atoms with Crippen LogP contribution < -0.4 is 5.32 Å². The minimum Gasteiger partial charge on any atom is -0.443 e. The molecule has 100 valence electrons. The van der Waals surface area contributed by atoms with Gasteiger partial charge in [0.15, 0.2) is 5.78 Å². The molecule has 2 aromatic heterocycles. The van der Waals surface area contributed by atoms with E-state index < -0.39 is 5.91 Å². The second-order valence-electron chi connectivity index (χ2n) is 4.10. The van der Waals surface area contributed by atoms with Crippen molar-refractivity contribution in [3.05, 3.63) is 47.0 Å². The summed E-state index contributed by atoms with van der Waals surface area (Å²) in [5.74, 6) is -0.470. The lowest BCUT2D eigenvalue weighted by Gasteiger charge is -2.01. The van der Waals surface area contributed by atoms with Gasteiger partial charge < -0.3 is 4.42 Å². The van der Waals surface area contributed by atoms with Crippen LogP contribution in [0.4, 0.5) is 5.88 Å². The molecule has 1 amide bonds. The molecule has 0 aliphatic heterocycles. The number of carbonyl (C=O) groups is 2. The minimum absolute atomic E-state index is 0.0240. The fourth-order valence-electron chi connectivity index (χ4n) is 1.84. The molecular weight excluding hydrogens is 258 g/mol. The molecule has 6 nitrogen and oxygen atoms in total. The first-order valence-electron chi connectivity index (χ1n) is 5.80. The van der Waals surface area contributed by atoms with Crippen molar-refractivity contribution in [1.82, 2.24) is 4.98 Å². The van der Waals surface area contributed by atoms with Crippen LogP contribution >= 0.6 is 0 Å². The van der Waals surface area contributed by atoms with Gasteiger partial charge in [0, 0.05) is 12.4 Å². The third-order valence-electron chi connectivity index (χ3n) is 2.70. The Kier molecular flexibility index (Phi) is 3.62. The Morgan fingerprint density at radius 2 is 2.20 bits per heavy atom. The number of amides is 1. The third-order valence-corrected chi connectivity index (χ3v) is 2.70. The van der Waals surface area contributed by atoms with Gasteiger partial charge in [-0.2, -0.15) is 5.26 Å². The normalized spacial score (nSPS) is 9.85. The van der Waals surface area contributed by atoms with E-state index >= 15 is 0 Å². The number of hydrogen-bond acceptors (Lipinski definition) is 5. The van der Waals surface area contributed by atoms with Crippen molar-refractivity contribution in [3.8, 4) is 6.07 Å². The van der Waals surface area contributed by atoms with Crippen molar-refractivity contribution in [2.75, 3.05) is 5.32 Å². The number of rotatable bonds is 3. The molecule has 0 radical (unpaired) electrons. The van der Waals surface area contributed by atoms with Crippen LogP contribution in [-0.2, 0) is 0 Å². The van der Waals surface area contributed by atoms with Crippen LogP contribution in [0.25, 0.3) is 0 Å². The number of Topliss-reactive ketones (excluding diaryl/α,β-unsaturated/α-hetero) is 1. The van der Waals surface area contributed by atoms with E-state index in [1.807, 2.05) is 6.07 Å². The van der Waals surface area contributed by atoms with E-state index in [1.54, 1.807) is 25.3 Å². The number of nitrogens with zero attached hydrogens (tertiary/aromatic N) is 2. The zero-order chi connectivity index (χ0) is 14.7. The lowest BCUT2D eigenvalue weighted by molar-refractivity contribution is 0.101. The van der Waals surface area contributed by atoms with E-state index in [4.69, 9.17) is 9.68 Å². The molecule has 6 heteroatoms. The van der Waals surface area contributed by atoms with Crippen LogP contribution in [0.2, 0.25) is 0 Å². The minimum atomic E-state index is -0.460. The van der Waals surface area contributed by atoms with Gasteiger partial charge in [-0.1, -0.05) is 0 Å². The van der Waals surface area contributed by atoms with Crippen molar-refractivity contribution in [1.29, 1.82) is 5.26 Å². The van der Waals surface area contributed by atoms with E-state index in [0.29, 0.717) is 11.3 Å². The summed E-state index contributed by atoms with van der Waals surface area (Å²) in [6.45, 7) is 2.91. The molecule has 0 saturated heterocycles. The number of nitriles is 1. The fraction of sp³-hybridized carbons (Fsp3) is 0.143. The van der Waals surface area contributed by atoms with Crippen LogP contribution in [0.3, 0.4) is 0 Å². The molecule has 0 atom stereocenters. The number of hydrogen-bond donors (Lipinski definition) is 1. The van der Waals surface area contributed by atoms with Crippen molar-refractivity contribution in [3.63, 3.8) is 0 Å². The molecule has 0 aliphatic carbocycles. The lowest BCUT2D eigenvalue weighted by atomic mass is 10.1. The van der Waals surface area contributed by atoms with Gasteiger partial charge in [0.05, 0.1) is 11.1 Å². The number of ketones is 1. The maximum Gasteiger partial charge on any atom is 0.259 e. The second-order valence-corrected chi connectivity index (χ2v) is 4.10. The fourth-order valence-corrected chi connectivity index (χ4v) is 1.84. The molecule has 0 bridgehead atoms. The molecule has 0 fully saturated rings. The Morgan fingerprint density at radius 1 is 1.45 bits per heavy atom. The van der Waals surface area contributed by atoms with Crippen LogP contribution in [0.15, 0.2) is 28.9 Å². The van der Waals surface area contributed by atoms with E-state index in [2.05, 4.69) is 10.3 Å². The zero-order valence-electron chi connectivity index (χ0n) is 10.9. The Balaban J connectivity index is 2.36. The SMILES string of the molecule is CC(=O)c1c(C)oc(NC(=O)c2cccnc2)c1C#N. The van der Waals surface area contributed by atoms with Crippen molar-refractivity contribution < 1.29 is 14.0 Å². The van der Waals surface area contributed by atoms with Gasteiger partial charge in [0.1, 0.15) is 17.4 Å². The standard InChI is InChI=1S/C14H11N3O3/c1-8(18)12-9(2)20-14(11(12)6-15)17-13(19)10-4-3-5-16-7-10/h3-5,7H,1-2H3,(H,17,19). The summed E-state index contributed by atoms with van der Waals surface area (Å²) in [7, 11) is 0. The molecule has 0 saturated carbocycles. The molecule has 1 N–H and O–H groups in total. The monoisotopic (exact) mass is 269 g/mol. The van der Waals surface area contributed by atoms with E-state index in [0.717, 1.165) is 0 Å². The number of anilines is 1. The van der Waals surface area contributed by atoms with E-state index in [9.17, 15) is 9.59 Å². The first-order valence-corrected chi connectivity index (χ1v) is 5.80. The maximum atomic E-state index is 12.0. The van der Waals surface area contributed by atoms with E-state index in [-0.39, 0.29) is 22.8 Å². The lowest BCUT2D eigenvalue weighted by Crippen LogP contribution is -2.12. The van der Waals surface area contributed by atoms with Crippen LogP contribution in [-0.4, -0.2) is 16.7 Å². The van der Waals surface area contributed by atoms with Crippen LogP contribution in [0.5, 0.6) is 0 Å². The highest BCUT2D eigenvalue weighted by molar-refractivity contribution is 6.06. The van der Waals surface area contributed by atoms with Gasteiger partial charge >= 0.3 is 0 Å². The van der Waals surface area contributed by atoms with Gasteiger partial charge in [0.2, 0.25) is 5.88 Å². The Labute approximate surface area is 115 Å². The molecule has 0 aromatic carbocycles. The van der Waals surface area contributed by atoms with Crippen LogP contribution in [0, 0.1) is 18.3 Å². The topological polar surface area (TPSA) is 96.0 Å². The highest BCUT2D eigenvalue weighted by Crippen LogP contribution is 2.27. The number of aromatic nitrogens is 1. The summed E-state index contributed by atoms with van der Waals surface area (Å²) in [6, 6.07) is 5.08. The average Bonchev–Trinajstić information content (AvgIpc) is 2.75. The third kappa shape index (κ3) is 2.42. The van der Waals surface area contributed by atoms with E-state index in [1.165, 1.54) is 13.1 Å². The maximum absolute atomic E-state index is 12.0. The molecule has 0 spiro atoms. The highest BCUT2D eigenvalue weighted by Gasteiger charge is 2.22. The second kappa shape index (κ2) is 5.36. The highest BCUT2D eigenvalue weighted by atomic mass is 16.4. The van der Waals surface area contributed by atoms with Crippen molar-refractivity contribution in [2.45, 2.75) is 13.8 Å².